The minimum absolute atomic E-state index is 0.813. The first kappa shape index (κ1) is 15.9. The number of thiazole rings is 1. The van der Waals surface area contributed by atoms with Gasteiger partial charge in [-0.25, -0.2) is 4.98 Å². The highest BCUT2D eigenvalue weighted by atomic mass is 32.1. The van der Waals surface area contributed by atoms with Gasteiger partial charge in [-0.2, -0.15) is 0 Å². The summed E-state index contributed by atoms with van der Waals surface area (Å²) < 4.78 is 0. The topological polar surface area (TPSA) is 41.0 Å². The highest BCUT2D eigenvalue weighted by molar-refractivity contribution is 7.13. The molecule has 21 heavy (non-hydrogen) atoms. The van der Waals surface area contributed by atoms with Gasteiger partial charge in [0, 0.05) is 24.2 Å². The van der Waals surface area contributed by atoms with Crippen LogP contribution in [0.1, 0.15) is 37.4 Å². The standard InChI is InChI=1S/C16H24N4S/c1-4-9-17-10-15-12-21-16(19-15)20(5-2)11-14-8-6-7-13(3)18-14/h6-8,12,17H,4-5,9-11H2,1-3H3. The summed E-state index contributed by atoms with van der Waals surface area (Å²) in [6.07, 6.45) is 1.15. The molecule has 0 atom stereocenters. The van der Waals surface area contributed by atoms with Crippen molar-refractivity contribution in [3.05, 3.63) is 40.7 Å². The van der Waals surface area contributed by atoms with Crippen LogP contribution in [0.25, 0.3) is 0 Å². The van der Waals surface area contributed by atoms with Gasteiger partial charge in [-0.15, -0.1) is 11.3 Å². The molecule has 0 aliphatic rings. The Balaban J connectivity index is 2.00. The van der Waals surface area contributed by atoms with Crippen LogP contribution in [0.3, 0.4) is 0 Å². The Bertz CT molecular complexity index is 553. The molecule has 0 fully saturated rings. The second-order valence-electron chi connectivity index (χ2n) is 5.08. The Morgan fingerprint density at radius 1 is 1.19 bits per heavy atom. The van der Waals surface area contributed by atoms with Crippen molar-refractivity contribution in [1.29, 1.82) is 0 Å². The summed E-state index contributed by atoms with van der Waals surface area (Å²) >= 11 is 1.71. The largest absolute Gasteiger partial charge is 0.342 e. The molecule has 0 radical (unpaired) electrons. The lowest BCUT2D eigenvalue weighted by Gasteiger charge is -2.19. The van der Waals surface area contributed by atoms with Crippen LogP contribution < -0.4 is 10.2 Å². The summed E-state index contributed by atoms with van der Waals surface area (Å²) in [7, 11) is 0. The zero-order valence-corrected chi connectivity index (χ0v) is 13.9. The monoisotopic (exact) mass is 304 g/mol. The maximum Gasteiger partial charge on any atom is 0.185 e. The van der Waals surface area contributed by atoms with E-state index in [0.29, 0.717) is 0 Å². The summed E-state index contributed by atoms with van der Waals surface area (Å²) in [5.41, 5.74) is 3.28. The molecule has 0 amide bonds. The van der Waals surface area contributed by atoms with Crippen molar-refractivity contribution < 1.29 is 0 Å². The Kier molecular flexibility index (Phi) is 6.14. The summed E-state index contributed by atoms with van der Waals surface area (Å²) in [6, 6.07) is 6.17. The zero-order valence-electron chi connectivity index (χ0n) is 13.1. The fraction of sp³-hybridized carbons (Fsp3) is 0.500. The molecule has 0 spiro atoms. The minimum Gasteiger partial charge on any atom is -0.342 e. The molecule has 5 heteroatoms. The molecular formula is C16H24N4S. The summed E-state index contributed by atoms with van der Waals surface area (Å²) in [6.45, 7) is 10.0. The van der Waals surface area contributed by atoms with Crippen molar-refractivity contribution in [2.75, 3.05) is 18.0 Å². The molecule has 1 N–H and O–H groups in total. The smallest absolute Gasteiger partial charge is 0.185 e. The molecule has 0 aliphatic carbocycles. The molecule has 0 aromatic carbocycles. The fourth-order valence-electron chi connectivity index (χ4n) is 2.11. The van der Waals surface area contributed by atoms with E-state index in [9.17, 15) is 0 Å². The van der Waals surface area contributed by atoms with Gasteiger partial charge < -0.3 is 10.2 Å². The van der Waals surface area contributed by atoms with Crippen LogP contribution in [0.5, 0.6) is 0 Å². The van der Waals surface area contributed by atoms with E-state index >= 15 is 0 Å². The number of anilines is 1. The van der Waals surface area contributed by atoms with Gasteiger partial charge in [0.25, 0.3) is 0 Å². The number of aromatic nitrogens is 2. The number of hydrogen-bond donors (Lipinski definition) is 1. The van der Waals surface area contributed by atoms with Gasteiger partial charge in [-0.1, -0.05) is 13.0 Å². The van der Waals surface area contributed by atoms with E-state index in [0.717, 1.165) is 54.8 Å². The van der Waals surface area contributed by atoms with Crippen LogP contribution in [0.15, 0.2) is 23.6 Å². The molecule has 0 aliphatic heterocycles. The zero-order chi connectivity index (χ0) is 15.1. The lowest BCUT2D eigenvalue weighted by atomic mass is 10.3. The lowest BCUT2D eigenvalue weighted by molar-refractivity contribution is 0.665. The van der Waals surface area contributed by atoms with Crippen molar-refractivity contribution in [3.8, 4) is 0 Å². The second-order valence-corrected chi connectivity index (χ2v) is 5.92. The third kappa shape index (κ3) is 4.79. The highest BCUT2D eigenvalue weighted by Crippen LogP contribution is 2.22. The predicted octanol–water partition coefficient (Wildman–Crippen LogP) is 3.37. The van der Waals surface area contributed by atoms with Crippen LogP contribution in [0.2, 0.25) is 0 Å². The third-order valence-electron chi connectivity index (χ3n) is 3.22. The number of hydrogen-bond acceptors (Lipinski definition) is 5. The van der Waals surface area contributed by atoms with Gasteiger partial charge >= 0.3 is 0 Å². The van der Waals surface area contributed by atoms with E-state index < -0.39 is 0 Å². The Labute approximate surface area is 131 Å². The fourth-order valence-corrected chi connectivity index (χ4v) is 3.00. The SMILES string of the molecule is CCCNCc1csc(N(CC)Cc2cccc(C)n2)n1. The van der Waals surface area contributed by atoms with Crippen molar-refractivity contribution in [2.24, 2.45) is 0 Å². The highest BCUT2D eigenvalue weighted by Gasteiger charge is 2.11. The first-order valence-corrected chi connectivity index (χ1v) is 8.43. The maximum atomic E-state index is 4.73. The summed E-state index contributed by atoms with van der Waals surface area (Å²) in [5.74, 6) is 0. The molecular weight excluding hydrogens is 280 g/mol. The molecule has 2 rings (SSSR count). The van der Waals surface area contributed by atoms with Gasteiger partial charge in [0.05, 0.1) is 17.9 Å². The van der Waals surface area contributed by atoms with Gasteiger partial charge in [-0.3, -0.25) is 4.98 Å². The van der Waals surface area contributed by atoms with Gasteiger partial charge in [0.2, 0.25) is 0 Å². The molecule has 2 aromatic rings. The maximum absolute atomic E-state index is 4.73. The number of aryl methyl sites for hydroxylation is 1. The van der Waals surface area contributed by atoms with E-state index in [4.69, 9.17) is 4.98 Å². The van der Waals surface area contributed by atoms with E-state index in [1.165, 1.54) is 0 Å². The van der Waals surface area contributed by atoms with E-state index in [1.807, 2.05) is 13.0 Å². The second kappa shape index (κ2) is 8.10. The third-order valence-corrected chi connectivity index (χ3v) is 4.17. The summed E-state index contributed by atoms with van der Waals surface area (Å²) in [5, 5.41) is 6.61. The predicted molar refractivity (Wildman–Crippen MR) is 89.8 cm³/mol. The molecule has 2 heterocycles. The van der Waals surface area contributed by atoms with E-state index in [1.54, 1.807) is 11.3 Å². The minimum atomic E-state index is 0.813. The lowest BCUT2D eigenvalue weighted by Crippen LogP contribution is -2.23. The normalized spacial score (nSPS) is 10.8. The quantitative estimate of drug-likeness (QED) is 0.759. The molecule has 114 valence electrons. The van der Waals surface area contributed by atoms with Crippen LogP contribution >= 0.6 is 11.3 Å². The van der Waals surface area contributed by atoms with Crippen LogP contribution in [0, 0.1) is 6.92 Å². The van der Waals surface area contributed by atoms with Gasteiger partial charge in [0.1, 0.15) is 0 Å². The number of pyridine rings is 1. The number of rotatable bonds is 8. The van der Waals surface area contributed by atoms with E-state index in [-0.39, 0.29) is 0 Å². The number of nitrogens with one attached hydrogen (secondary N) is 1. The van der Waals surface area contributed by atoms with Gasteiger partial charge in [0.15, 0.2) is 5.13 Å². The van der Waals surface area contributed by atoms with Crippen LogP contribution in [-0.4, -0.2) is 23.1 Å². The molecule has 2 aromatic heterocycles. The Morgan fingerprint density at radius 2 is 2.05 bits per heavy atom. The van der Waals surface area contributed by atoms with Crippen LogP contribution in [-0.2, 0) is 13.1 Å². The van der Waals surface area contributed by atoms with Crippen molar-refractivity contribution >= 4 is 16.5 Å². The molecule has 0 saturated heterocycles. The molecule has 4 nitrogen and oxygen atoms in total. The molecule has 0 bridgehead atoms. The number of nitrogens with zero attached hydrogens (tertiary/aromatic N) is 3. The first-order valence-electron chi connectivity index (χ1n) is 7.55. The Hall–Kier alpha value is -1.46. The Morgan fingerprint density at radius 3 is 2.76 bits per heavy atom. The average molecular weight is 304 g/mol. The van der Waals surface area contributed by atoms with Crippen molar-refractivity contribution in [2.45, 2.75) is 40.3 Å². The van der Waals surface area contributed by atoms with Crippen molar-refractivity contribution in [1.82, 2.24) is 15.3 Å². The van der Waals surface area contributed by atoms with Crippen molar-refractivity contribution in [3.63, 3.8) is 0 Å². The first-order chi connectivity index (χ1) is 10.2. The molecule has 0 unspecified atom stereocenters. The molecule has 0 saturated carbocycles. The summed E-state index contributed by atoms with van der Waals surface area (Å²) in [4.78, 5) is 11.6. The van der Waals surface area contributed by atoms with Gasteiger partial charge in [-0.05, 0) is 38.9 Å². The van der Waals surface area contributed by atoms with E-state index in [2.05, 4.69) is 46.6 Å². The van der Waals surface area contributed by atoms with Crippen LogP contribution in [0.4, 0.5) is 5.13 Å². The average Bonchev–Trinajstić information content (AvgIpc) is 2.94.